The second kappa shape index (κ2) is 8.02. The Kier molecular flexibility index (Phi) is 5.87. The van der Waals surface area contributed by atoms with E-state index in [1.807, 2.05) is 24.4 Å². The Bertz CT molecular complexity index is 987. The molecule has 28 heavy (non-hydrogen) atoms. The maximum Gasteiger partial charge on any atom is 0.243 e. The van der Waals surface area contributed by atoms with Crippen LogP contribution in [0.4, 0.5) is 5.69 Å². The number of sulfonamides is 1. The number of fused-ring (bicyclic) bond motifs is 1. The Labute approximate surface area is 169 Å². The molecule has 1 aliphatic heterocycles. The molecule has 0 aliphatic carbocycles. The van der Waals surface area contributed by atoms with Gasteiger partial charge in [0.15, 0.2) is 0 Å². The molecule has 7 nitrogen and oxygen atoms in total. The van der Waals surface area contributed by atoms with E-state index in [0.717, 1.165) is 20.4 Å². The molecule has 0 spiro atoms. The zero-order chi connectivity index (χ0) is 20.5. The van der Waals surface area contributed by atoms with Crippen LogP contribution in [-0.2, 0) is 32.6 Å². The van der Waals surface area contributed by atoms with Gasteiger partial charge in [0.25, 0.3) is 0 Å². The summed E-state index contributed by atoms with van der Waals surface area (Å²) in [6.45, 7) is 3.54. The third-order valence-corrected chi connectivity index (χ3v) is 7.40. The largest absolute Gasteiger partial charge is 0.350 e. The first-order chi connectivity index (χ1) is 13.2. The second-order valence-electron chi connectivity index (χ2n) is 6.85. The minimum atomic E-state index is -3.81. The minimum absolute atomic E-state index is 0.00814. The number of likely N-dealkylation sites (N-methyl/N-ethyl adjacent to an activating group) is 1. The minimum Gasteiger partial charge on any atom is -0.350 e. The van der Waals surface area contributed by atoms with Crippen molar-refractivity contribution >= 4 is 38.9 Å². The maximum absolute atomic E-state index is 12.9. The highest BCUT2D eigenvalue weighted by Gasteiger charge is 2.31. The van der Waals surface area contributed by atoms with E-state index < -0.39 is 10.0 Å². The summed E-state index contributed by atoms with van der Waals surface area (Å²) in [7, 11) is -2.42. The Balaban J connectivity index is 1.71. The smallest absolute Gasteiger partial charge is 0.243 e. The highest BCUT2D eigenvalue weighted by atomic mass is 32.2. The molecular weight excluding hydrogens is 398 g/mol. The number of hydrogen-bond donors (Lipinski definition) is 1. The van der Waals surface area contributed by atoms with Crippen LogP contribution in [0.2, 0.25) is 0 Å². The van der Waals surface area contributed by atoms with Gasteiger partial charge in [-0.1, -0.05) is 6.07 Å². The summed E-state index contributed by atoms with van der Waals surface area (Å²) in [5.74, 6) is -0.432. The van der Waals surface area contributed by atoms with Crippen molar-refractivity contribution in [2.75, 3.05) is 18.5 Å². The van der Waals surface area contributed by atoms with E-state index in [-0.39, 0.29) is 29.3 Å². The van der Waals surface area contributed by atoms with Gasteiger partial charge >= 0.3 is 0 Å². The topological polar surface area (TPSA) is 86.8 Å². The zero-order valence-corrected chi connectivity index (χ0v) is 17.6. The lowest BCUT2D eigenvalue weighted by atomic mass is 10.1. The summed E-state index contributed by atoms with van der Waals surface area (Å²) in [6.07, 6.45) is 0.600. The Hall–Kier alpha value is -2.23. The van der Waals surface area contributed by atoms with Crippen molar-refractivity contribution in [1.82, 2.24) is 9.62 Å². The van der Waals surface area contributed by atoms with Crippen molar-refractivity contribution in [1.29, 1.82) is 0 Å². The predicted molar refractivity (Wildman–Crippen MR) is 109 cm³/mol. The molecule has 0 radical (unpaired) electrons. The molecule has 0 bridgehead atoms. The number of amides is 2. The van der Waals surface area contributed by atoms with Gasteiger partial charge in [0, 0.05) is 30.6 Å². The molecule has 0 fully saturated rings. The average molecular weight is 422 g/mol. The molecule has 9 heteroatoms. The van der Waals surface area contributed by atoms with Crippen LogP contribution in [0.25, 0.3) is 0 Å². The number of rotatable bonds is 6. The molecule has 3 rings (SSSR count). The first-order valence-corrected chi connectivity index (χ1v) is 11.2. The van der Waals surface area contributed by atoms with Crippen LogP contribution in [0.15, 0.2) is 40.6 Å². The fraction of sp³-hybridized carbons (Fsp3) is 0.368. The van der Waals surface area contributed by atoms with Crippen molar-refractivity contribution in [3.8, 4) is 0 Å². The summed E-state index contributed by atoms with van der Waals surface area (Å²) in [5, 5.41) is 4.64. The summed E-state index contributed by atoms with van der Waals surface area (Å²) < 4.78 is 26.8. The van der Waals surface area contributed by atoms with Crippen LogP contribution in [-0.4, -0.2) is 44.2 Å². The van der Waals surface area contributed by atoms with Gasteiger partial charge in [0.2, 0.25) is 21.8 Å². The number of benzene rings is 1. The van der Waals surface area contributed by atoms with Crippen LogP contribution in [0.3, 0.4) is 0 Å². The fourth-order valence-corrected chi connectivity index (χ4v) is 5.19. The maximum atomic E-state index is 12.9. The number of carbonyl (C=O) groups excluding carboxylic acids is 2. The van der Waals surface area contributed by atoms with Crippen molar-refractivity contribution in [3.05, 3.63) is 46.2 Å². The number of anilines is 1. The van der Waals surface area contributed by atoms with Crippen LogP contribution >= 0.6 is 11.3 Å². The quantitative estimate of drug-likeness (QED) is 0.773. The predicted octanol–water partition coefficient (Wildman–Crippen LogP) is 1.98. The highest BCUT2D eigenvalue weighted by molar-refractivity contribution is 7.89. The molecule has 2 aromatic rings. The zero-order valence-electron chi connectivity index (χ0n) is 16.0. The molecule has 2 amide bonds. The van der Waals surface area contributed by atoms with E-state index in [1.54, 1.807) is 17.0 Å². The first kappa shape index (κ1) is 20.5. The lowest BCUT2D eigenvalue weighted by molar-refractivity contribution is -0.121. The number of thiophene rings is 1. The summed E-state index contributed by atoms with van der Waals surface area (Å²) in [6, 6.07) is 8.54. The van der Waals surface area contributed by atoms with E-state index in [0.29, 0.717) is 13.0 Å². The summed E-state index contributed by atoms with van der Waals surface area (Å²) in [4.78, 5) is 26.7. The molecule has 1 N–H and O–H groups in total. The highest BCUT2D eigenvalue weighted by Crippen LogP contribution is 2.34. The van der Waals surface area contributed by atoms with Gasteiger partial charge in [-0.2, -0.15) is 4.31 Å². The number of nitrogens with one attached hydrogen (secondary N) is 1. The Morgan fingerprint density at radius 3 is 2.71 bits per heavy atom. The standard InChI is InChI=1S/C19H23N3O4S2/c1-13-9-15-10-17(6-7-18(15)22(13)14(2)23)28(25,26)21(3)12-19(24)20-11-16-5-4-8-27-16/h4-8,10,13H,9,11-12H2,1-3H3,(H,20,24)/t13-/m1/s1. The van der Waals surface area contributed by atoms with Gasteiger partial charge in [0.05, 0.1) is 18.0 Å². The van der Waals surface area contributed by atoms with Gasteiger partial charge in [-0.3, -0.25) is 9.59 Å². The number of hydrogen-bond acceptors (Lipinski definition) is 5. The molecule has 1 atom stereocenters. The van der Waals surface area contributed by atoms with E-state index in [1.165, 1.54) is 31.4 Å². The van der Waals surface area contributed by atoms with E-state index in [4.69, 9.17) is 0 Å². The summed E-state index contributed by atoms with van der Waals surface area (Å²) >= 11 is 1.53. The average Bonchev–Trinajstić information content (AvgIpc) is 3.25. The lowest BCUT2D eigenvalue weighted by Gasteiger charge is -2.21. The number of carbonyl (C=O) groups is 2. The third-order valence-electron chi connectivity index (χ3n) is 4.72. The van der Waals surface area contributed by atoms with Crippen LogP contribution in [0, 0.1) is 0 Å². The molecule has 1 aliphatic rings. The Morgan fingerprint density at radius 1 is 1.32 bits per heavy atom. The monoisotopic (exact) mass is 421 g/mol. The van der Waals surface area contributed by atoms with Gasteiger partial charge in [-0.05, 0) is 48.6 Å². The lowest BCUT2D eigenvalue weighted by Crippen LogP contribution is -2.38. The normalized spacial score (nSPS) is 16.3. The molecule has 0 saturated heterocycles. The van der Waals surface area contributed by atoms with Crippen LogP contribution < -0.4 is 10.2 Å². The van der Waals surface area contributed by atoms with Gasteiger partial charge in [-0.25, -0.2) is 8.42 Å². The fourth-order valence-electron chi connectivity index (χ4n) is 3.37. The van der Waals surface area contributed by atoms with Crippen LogP contribution in [0.5, 0.6) is 0 Å². The Morgan fingerprint density at radius 2 is 2.07 bits per heavy atom. The van der Waals surface area contributed by atoms with Gasteiger partial charge in [-0.15, -0.1) is 11.3 Å². The van der Waals surface area contributed by atoms with Crippen molar-refractivity contribution < 1.29 is 18.0 Å². The molecule has 2 heterocycles. The number of nitrogens with zero attached hydrogens (tertiary/aromatic N) is 2. The summed E-state index contributed by atoms with van der Waals surface area (Å²) in [5.41, 5.74) is 1.56. The molecule has 1 aromatic heterocycles. The van der Waals surface area contributed by atoms with Crippen molar-refractivity contribution in [3.63, 3.8) is 0 Å². The van der Waals surface area contributed by atoms with E-state index >= 15 is 0 Å². The van der Waals surface area contributed by atoms with Gasteiger partial charge < -0.3 is 10.2 Å². The first-order valence-electron chi connectivity index (χ1n) is 8.88. The van der Waals surface area contributed by atoms with Crippen molar-refractivity contribution in [2.24, 2.45) is 0 Å². The van der Waals surface area contributed by atoms with Crippen molar-refractivity contribution in [2.45, 2.75) is 37.8 Å². The van der Waals surface area contributed by atoms with E-state index in [9.17, 15) is 18.0 Å². The third kappa shape index (κ3) is 4.11. The molecular formula is C19H23N3O4S2. The second-order valence-corrected chi connectivity index (χ2v) is 9.93. The molecule has 150 valence electrons. The van der Waals surface area contributed by atoms with Gasteiger partial charge in [0.1, 0.15) is 0 Å². The van der Waals surface area contributed by atoms with E-state index in [2.05, 4.69) is 5.32 Å². The molecule has 0 saturated carbocycles. The van der Waals surface area contributed by atoms with Crippen LogP contribution in [0.1, 0.15) is 24.3 Å². The molecule has 1 aromatic carbocycles. The molecule has 0 unspecified atom stereocenters. The SMILES string of the molecule is CC(=O)N1c2ccc(S(=O)(=O)N(C)CC(=O)NCc3cccs3)cc2C[C@H]1C.